The molecule has 1 aliphatic heterocycles. The van der Waals surface area contributed by atoms with Crippen LogP contribution < -0.4 is 10.6 Å². The van der Waals surface area contributed by atoms with Gasteiger partial charge in [0, 0.05) is 7.39 Å². The van der Waals surface area contributed by atoms with E-state index >= 15 is 0 Å². The zero-order valence-corrected chi connectivity index (χ0v) is 20.5. The normalized spacial score (nSPS) is 40.5. The van der Waals surface area contributed by atoms with Crippen molar-refractivity contribution >= 4 is 0 Å². The molecule has 1 heterocycles. The van der Waals surface area contributed by atoms with E-state index in [4.69, 9.17) is 13.0 Å². The second-order valence-electron chi connectivity index (χ2n) is 9.54. The summed E-state index contributed by atoms with van der Waals surface area (Å²) < 4.78 is 58.4. The molecule has 0 bridgehead atoms. The summed E-state index contributed by atoms with van der Waals surface area (Å²) in [5.74, 6) is 0. The number of hydrogen-bond acceptors (Lipinski definition) is 5. The maximum absolute atomic E-state index is 11.3. The van der Waals surface area contributed by atoms with Crippen molar-refractivity contribution in [3.8, 4) is 0 Å². The first kappa shape index (κ1) is 19.1. The van der Waals surface area contributed by atoms with Crippen LogP contribution in [0.1, 0.15) is 128 Å². The molecule has 2 rings (SSSR count). The Balaban J connectivity index is 1.86. The van der Waals surface area contributed by atoms with Crippen LogP contribution in [0.2, 0.25) is 2.82 Å². The second kappa shape index (κ2) is 16.4. The minimum Gasteiger partial charge on any atom is -0.387 e. The fraction of sp³-hybridized carbons (Fsp3) is 1.00. The van der Waals surface area contributed by atoms with E-state index in [2.05, 4.69) is 6.92 Å². The zero-order valence-electron chi connectivity index (χ0n) is 26.5. The minimum atomic E-state index is -2.93. The Morgan fingerprint density at radius 2 is 1.39 bits per heavy atom. The van der Waals surface area contributed by atoms with Gasteiger partial charge in [0.15, 0.2) is 0 Å². The number of nitrogens with zero attached hydrogens (tertiary/aromatic N) is 1. The summed E-state index contributed by atoms with van der Waals surface area (Å²) in [7, 11) is 2.97. The van der Waals surface area contributed by atoms with Crippen LogP contribution in [-0.2, 0) is 4.74 Å². The summed E-state index contributed by atoms with van der Waals surface area (Å²) in [5, 5.41) is 12.1. The quantitative estimate of drug-likeness (QED) is 0.243. The Kier molecular flexibility index (Phi) is 10.1. The molecule has 1 saturated carbocycles. The van der Waals surface area contributed by atoms with Crippen molar-refractivity contribution in [1.82, 2.24) is 15.5 Å². The van der Waals surface area contributed by atoms with E-state index < -0.39 is 30.7 Å². The van der Waals surface area contributed by atoms with Gasteiger partial charge in [-0.3, -0.25) is 15.5 Å². The van der Waals surface area contributed by atoms with Crippen LogP contribution in [0.15, 0.2) is 0 Å². The van der Waals surface area contributed by atoms with Gasteiger partial charge in [0.25, 0.3) is 0 Å². The van der Waals surface area contributed by atoms with Crippen molar-refractivity contribution in [1.29, 1.82) is 0 Å². The van der Waals surface area contributed by atoms with Crippen molar-refractivity contribution in [2.75, 3.05) is 14.1 Å². The van der Waals surface area contributed by atoms with E-state index in [0.717, 1.165) is 25.7 Å². The molecule has 0 aromatic rings. The van der Waals surface area contributed by atoms with Crippen molar-refractivity contribution < 1.29 is 18.2 Å². The number of unbranched alkanes of at least 4 members (excludes halogenated alkanes) is 13. The number of rotatable bonds is 18. The first-order chi connectivity index (χ1) is 17.4. The molecule has 2 aliphatic rings. The molecule has 5 heteroatoms. The molecule has 5 nitrogen and oxygen atoms in total. The first-order valence-electron chi connectivity index (χ1n) is 15.9. The van der Waals surface area contributed by atoms with Gasteiger partial charge in [0.05, 0.1) is 10.2 Å². The van der Waals surface area contributed by atoms with Gasteiger partial charge in [-0.05, 0) is 39.8 Å². The van der Waals surface area contributed by atoms with Gasteiger partial charge in [-0.25, -0.2) is 0 Å². The molecule has 0 aromatic carbocycles. The highest BCUT2D eigenvalue weighted by atomic mass is 16.5. The Bertz CT molecular complexity index is 674. The Labute approximate surface area is 201 Å². The van der Waals surface area contributed by atoms with Crippen LogP contribution in [0.25, 0.3) is 0 Å². The van der Waals surface area contributed by atoms with Gasteiger partial charge >= 0.3 is 0 Å². The number of hydrogen-bond donors (Lipinski definition) is 3. The molecule has 0 amide bonds. The minimum absolute atomic E-state index is 0.0640. The van der Waals surface area contributed by atoms with Crippen molar-refractivity contribution in [3.63, 3.8) is 0 Å². The molecule has 31 heavy (non-hydrogen) atoms. The summed E-state index contributed by atoms with van der Waals surface area (Å²) >= 11 is 0. The molecule has 4 atom stereocenters. The molecule has 4 unspecified atom stereocenters. The van der Waals surface area contributed by atoms with Crippen LogP contribution in [0.4, 0.5) is 0 Å². The molecule has 0 spiro atoms. The topological polar surface area (TPSA) is 56.8 Å². The fourth-order valence-corrected chi connectivity index (χ4v) is 4.06. The summed E-state index contributed by atoms with van der Waals surface area (Å²) in [4.78, 5) is 1.24. The van der Waals surface area contributed by atoms with Gasteiger partial charge in [-0.15, -0.1) is 0 Å². The zero-order chi connectivity index (χ0) is 27.7. The molecule has 0 aromatic heterocycles. The lowest BCUT2D eigenvalue weighted by Gasteiger charge is -2.45. The maximum Gasteiger partial charge on any atom is 0.138 e. The molecule has 0 radical (unpaired) electrons. The van der Waals surface area contributed by atoms with E-state index in [9.17, 15) is 5.11 Å². The number of aliphatic hydroxyl groups is 1. The second-order valence-corrected chi connectivity index (χ2v) is 9.54. The SMILES string of the molecule is [2H]N1C([2H])(N(C)C)N([2H])C([2H])(OC2CCC2)C([2H])(O)C1([2H])CCCCCCCCCCCCCCCC. The molecule has 2 fully saturated rings. The van der Waals surface area contributed by atoms with Crippen LogP contribution in [0.3, 0.4) is 0 Å². The summed E-state index contributed by atoms with van der Waals surface area (Å²) in [6, 6.07) is -2.32. The Morgan fingerprint density at radius 1 is 0.871 bits per heavy atom. The van der Waals surface area contributed by atoms with Gasteiger partial charge < -0.3 is 9.84 Å². The monoisotopic (exact) mass is 445 g/mol. The summed E-state index contributed by atoms with van der Waals surface area (Å²) in [6.45, 7) is 2.24. The largest absolute Gasteiger partial charge is 0.387 e. The van der Waals surface area contributed by atoms with E-state index in [1.165, 1.54) is 83.2 Å². The Morgan fingerprint density at radius 3 is 1.84 bits per heavy atom. The average Bonchev–Trinajstić information content (AvgIpc) is 2.83. The lowest BCUT2D eigenvalue weighted by atomic mass is 9.95. The lowest BCUT2D eigenvalue weighted by Crippen LogP contribution is -2.70. The van der Waals surface area contributed by atoms with Crippen molar-refractivity contribution in [2.24, 2.45) is 0 Å². The van der Waals surface area contributed by atoms with Gasteiger partial charge in [0.1, 0.15) is 21.4 Å². The van der Waals surface area contributed by atoms with Gasteiger partial charge in [-0.1, -0.05) is 96.8 Å². The molecule has 184 valence electrons. The molecule has 3 N–H and O–H groups in total. The molecular formula is C26H53N3O2. The Hall–Kier alpha value is -0.200. The molecule has 1 aliphatic carbocycles. The number of ether oxygens (including phenoxy) is 1. The predicted molar refractivity (Wildman–Crippen MR) is 131 cm³/mol. The fourth-order valence-electron chi connectivity index (χ4n) is 4.06. The predicted octanol–water partition coefficient (Wildman–Crippen LogP) is 5.52. The van der Waals surface area contributed by atoms with Crippen LogP contribution in [0, 0.1) is 0 Å². The van der Waals surface area contributed by atoms with Crippen molar-refractivity contribution in [2.45, 2.75) is 153 Å². The van der Waals surface area contributed by atoms with Crippen LogP contribution in [0.5, 0.6) is 0 Å². The van der Waals surface area contributed by atoms with Gasteiger partial charge in [-0.2, -0.15) is 0 Å². The van der Waals surface area contributed by atoms with Crippen LogP contribution in [-0.4, -0.2) is 54.8 Å². The lowest BCUT2D eigenvalue weighted by molar-refractivity contribution is -0.156. The van der Waals surface area contributed by atoms with E-state index in [0.29, 0.717) is 29.9 Å². The highest BCUT2D eigenvalue weighted by Crippen LogP contribution is 2.26. The summed E-state index contributed by atoms with van der Waals surface area (Å²) in [5.41, 5.74) is 0. The van der Waals surface area contributed by atoms with E-state index in [1.54, 1.807) is 0 Å². The van der Waals surface area contributed by atoms with E-state index in [1.807, 2.05) is 0 Å². The highest BCUT2D eigenvalue weighted by Gasteiger charge is 2.38. The summed E-state index contributed by atoms with van der Waals surface area (Å²) in [6.07, 6.45) is 10.2. The third kappa shape index (κ3) is 11.0. The first-order valence-corrected chi connectivity index (χ1v) is 13.1. The van der Waals surface area contributed by atoms with Crippen molar-refractivity contribution in [3.05, 3.63) is 0 Å². The third-order valence-electron chi connectivity index (χ3n) is 6.41. The smallest absolute Gasteiger partial charge is 0.138 e. The van der Waals surface area contributed by atoms with Gasteiger partial charge in [0.2, 0.25) is 0 Å². The van der Waals surface area contributed by atoms with Crippen LogP contribution >= 0.6 is 0 Å². The average molecular weight is 446 g/mol. The third-order valence-corrected chi connectivity index (χ3v) is 6.41. The molecular weight excluding hydrogens is 386 g/mol. The standard InChI is InChI=1S/C26H53N3O2/c1-4-5-6-7-8-9-10-11-12-13-14-15-16-17-21-23-24(30)25(31-22-19-18-20-22)28-26(27-23)29(2)3/h22-28,30H,4-21H2,1-3H3/i23D,24D,25D,26D/hD2. The molecule has 1 saturated heterocycles. The highest BCUT2D eigenvalue weighted by molar-refractivity contribution is 4.90. The van der Waals surface area contributed by atoms with E-state index in [-0.39, 0.29) is 6.42 Å². The maximum atomic E-state index is 11.3. The number of nitrogens with one attached hydrogen (secondary N) is 2.